The Morgan fingerprint density at radius 1 is 1.37 bits per heavy atom. The number of hydrogen-bond donors (Lipinski definition) is 1. The molecular weight excluding hydrogens is 261 g/mol. The largest absolute Gasteiger partial charge is 0.451 e. The number of carbonyl (C=O) groups is 1. The Labute approximate surface area is 105 Å². The number of aromatic nitrogens is 3. The third-order valence-corrected chi connectivity index (χ3v) is 2.42. The minimum atomic E-state index is -4.58. The summed E-state index contributed by atoms with van der Waals surface area (Å²) in [5.41, 5.74) is 5.57. The van der Waals surface area contributed by atoms with E-state index in [1.807, 2.05) is 0 Å². The number of amides is 1. The molecule has 0 spiro atoms. The molecule has 0 fully saturated rings. The highest BCUT2D eigenvalue weighted by Gasteiger charge is 2.37. The first-order valence-electron chi connectivity index (χ1n) is 5.17. The van der Waals surface area contributed by atoms with Gasteiger partial charge in [0.25, 0.3) is 0 Å². The number of carbonyl (C=O) groups excluding carboxylic acids is 1. The highest BCUT2D eigenvalue weighted by molar-refractivity contribution is 5.93. The van der Waals surface area contributed by atoms with Crippen LogP contribution in [-0.2, 0) is 13.2 Å². The zero-order valence-electron chi connectivity index (χ0n) is 9.77. The van der Waals surface area contributed by atoms with Crippen molar-refractivity contribution in [2.75, 3.05) is 0 Å². The maximum Gasteiger partial charge on any atom is 0.451 e. The van der Waals surface area contributed by atoms with Gasteiger partial charge in [-0.2, -0.15) is 18.3 Å². The van der Waals surface area contributed by atoms with Crippen LogP contribution in [0.1, 0.15) is 16.2 Å². The average molecular weight is 270 g/mol. The van der Waals surface area contributed by atoms with Gasteiger partial charge in [0, 0.05) is 18.2 Å². The molecule has 1 amide bonds. The third-order valence-electron chi connectivity index (χ3n) is 2.42. The number of hydrogen-bond acceptors (Lipinski definition) is 3. The monoisotopic (exact) mass is 270 g/mol. The fourth-order valence-corrected chi connectivity index (χ4v) is 1.57. The summed E-state index contributed by atoms with van der Waals surface area (Å²) < 4.78 is 38.4. The maximum absolute atomic E-state index is 12.6. The van der Waals surface area contributed by atoms with Crippen molar-refractivity contribution in [3.8, 4) is 11.4 Å². The summed E-state index contributed by atoms with van der Waals surface area (Å²) in [6.07, 6.45) is -4.58. The molecule has 0 atom stereocenters. The van der Waals surface area contributed by atoms with Crippen molar-refractivity contribution in [2.24, 2.45) is 12.8 Å². The van der Waals surface area contributed by atoms with Gasteiger partial charge in [0.05, 0.1) is 0 Å². The molecule has 0 aliphatic carbocycles. The van der Waals surface area contributed by atoms with Gasteiger partial charge in [0.1, 0.15) is 0 Å². The van der Waals surface area contributed by atoms with E-state index in [-0.39, 0.29) is 11.4 Å². The molecule has 0 saturated carbocycles. The molecule has 100 valence electrons. The zero-order chi connectivity index (χ0) is 14.2. The number of rotatable bonds is 2. The van der Waals surface area contributed by atoms with Crippen LogP contribution in [0.3, 0.4) is 0 Å². The number of alkyl halides is 3. The van der Waals surface area contributed by atoms with Crippen LogP contribution < -0.4 is 5.73 Å². The Hall–Kier alpha value is -2.38. The molecule has 0 radical (unpaired) electrons. The maximum atomic E-state index is 12.6. The molecule has 2 rings (SSSR count). The molecular formula is C11H9F3N4O. The van der Waals surface area contributed by atoms with E-state index in [1.54, 1.807) is 0 Å². The average Bonchev–Trinajstić information content (AvgIpc) is 2.71. The zero-order valence-corrected chi connectivity index (χ0v) is 9.77. The Balaban J connectivity index is 2.48. The van der Waals surface area contributed by atoms with E-state index in [4.69, 9.17) is 5.73 Å². The molecule has 0 aliphatic heterocycles. The van der Waals surface area contributed by atoms with Crippen LogP contribution in [0.5, 0.6) is 0 Å². The summed E-state index contributed by atoms with van der Waals surface area (Å²) in [6, 6.07) is 5.80. The number of benzene rings is 1. The van der Waals surface area contributed by atoms with Crippen LogP contribution in [0.15, 0.2) is 24.3 Å². The Bertz CT molecular complexity index is 633. The van der Waals surface area contributed by atoms with Crippen molar-refractivity contribution in [1.82, 2.24) is 14.8 Å². The molecule has 0 saturated heterocycles. The number of nitrogens with two attached hydrogens (primary N) is 1. The summed E-state index contributed by atoms with van der Waals surface area (Å²) >= 11 is 0. The summed E-state index contributed by atoms with van der Waals surface area (Å²) in [5.74, 6) is -1.89. The highest BCUT2D eigenvalue weighted by atomic mass is 19.4. The van der Waals surface area contributed by atoms with Gasteiger partial charge < -0.3 is 5.73 Å². The van der Waals surface area contributed by atoms with Crippen molar-refractivity contribution >= 4 is 5.91 Å². The van der Waals surface area contributed by atoms with Gasteiger partial charge in [0.2, 0.25) is 11.7 Å². The number of nitrogens with zero attached hydrogens (tertiary/aromatic N) is 3. The lowest BCUT2D eigenvalue weighted by atomic mass is 10.1. The molecule has 1 aromatic heterocycles. The minimum Gasteiger partial charge on any atom is -0.366 e. The lowest BCUT2D eigenvalue weighted by Crippen LogP contribution is -2.13. The van der Waals surface area contributed by atoms with Gasteiger partial charge in [-0.05, 0) is 12.1 Å². The van der Waals surface area contributed by atoms with Crippen molar-refractivity contribution in [1.29, 1.82) is 0 Å². The normalized spacial score (nSPS) is 11.6. The van der Waals surface area contributed by atoms with Crippen LogP contribution in [-0.4, -0.2) is 20.7 Å². The number of halogens is 3. The Morgan fingerprint density at radius 2 is 2.05 bits per heavy atom. The van der Waals surface area contributed by atoms with Crippen molar-refractivity contribution in [3.63, 3.8) is 0 Å². The topological polar surface area (TPSA) is 73.8 Å². The summed E-state index contributed by atoms with van der Waals surface area (Å²) in [5, 5.41) is 3.68. The lowest BCUT2D eigenvalue weighted by molar-refractivity contribution is -0.147. The van der Waals surface area contributed by atoms with Crippen LogP contribution in [0.4, 0.5) is 13.2 Å². The van der Waals surface area contributed by atoms with Crippen LogP contribution >= 0.6 is 0 Å². The van der Waals surface area contributed by atoms with Gasteiger partial charge in [-0.15, -0.1) is 0 Å². The van der Waals surface area contributed by atoms with Crippen LogP contribution in [0, 0.1) is 0 Å². The molecule has 19 heavy (non-hydrogen) atoms. The molecule has 0 bridgehead atoms. The van der Waals surface area contributed by atoms with Crippen molar-refractivity contribution in [3.05, 3.63) is 35.7 Å². The van der Waals surface area contributed by atoms with E-state index in [0.717, 1.165) is 7.05 Å². The molecule has 0 unspecified atom stereocenters. The predicted octanol–water partition coefficient (Wildman–Crippen LogP) is 1.60. The summed E-state index contributed by atoms with van der Waals surface area (Å²) in [4.78, 5) is 14.4. The van der Waals surface area contributed by atoms with Crippen molar-refractivity contribution < 1.29 is 18.0 Å². The molecule has 2 aromatic rings. The van der Waals surface area contributed by atoms with E-state index in [1.165, 1.54) is 24.3 Å². The van der Waals surface area contributed by atoms with E-state index in [0.29, 0.717) is 10.2 Å². The third kappa shape index (κ3) is 2.56. The van der Waals surface area contributed by atoms with Crippen LogP contribution in [0.25, 0.3) is 11.4 Å². The fraction of sp³-hybridized carbons (Fsp3) is 0.182. The quantitative estimate of drug-likeness (QED) is 0.900. The molecule has 2 N–H and O–H groups in total. The molecule has 8 heteroatoms. The second kappa shape index (κ2) is 4.38. The number of aryl methyl sites for hydroxylation is 1. The van der Waals surface area contributed by atoms with Gasteiger partial charge in [-0.3, -0.25) is 4.79 Å². The Kier molecular flexibility index (Phi) is 3.01. The molecule has 5 nitrogen and oxygen atoms in total. The second-order valence-corrected chi connectivity index (χ2v) is 3.83. The standard InChI is InChI=1S/C11H9F3N4O/c1-18-10(11(12,13)14)16-9(17-18)7-4-2-3-6(5-7)8(15)19/h2-5H,1H3,(H2,15,19). The number of primary amides is 1. The molecule has 1 aromatic carbocycles. The SMILES string of the molecule is Cn1nc(-c2cccc(C(N)=O)c2)nc1C(F)(F)F. The summed E-state index contributed by atoms with van der Waals surface area (Å²) in [7, 11) is 1.15. The lowest BCUT2D eigenvalue weighted by Gasteiger charge is -2.02. The van der Waals surface area contributed by atoms with Gasteiger partial charge in [0.15, 0.2) is 5.82 Å². The van der Waals surface area contributed by atoms with E-state index in [9.17, 15) is 18.0 Å². The first kappa shape index (κ1) is 13.1. The first-order valence-corrected chi connectivity index (χ1v) is 5.17. The highest BCUT2D eigenvalue weighted by Crippen LogP contribution is 2.29. The molecule has 0 aliphatic rings. The molecule has 1 heterocycles. The fourth-order valence-electron chi connectivity index (χ4n) is 1.57. The first-order chi connectivity index (χ1) is 8.79. The van der Waals surface area contributed by atoms with Gasteiger partial charge in [-0.25, -0.2) is 9.67 Å². The van der Waals surface area contributed by atoms with E-state index in [2.05, 4.69) is 10.1 Å². The van der Waals surface area contributed by atoms with Gasteiger partial charge in [-0.1, -0.05) is 12.1 Å². The van der Waals surface area contributed by atoms with Crippen molar-refractivity contribution in [2.45, 2.75) is 6.18 Å². The van der Waals surface area contributed by atoms with Crippen LogP contribution in [0.2, 0.25) is 0 Å². The predicted molar refractivity (Wildman–Crippen MR) is 60.0 cm³/mol. The van der Waals surface area contributed by atoms with E-state index >= 15 is 0 Å². The Morgan fingerprint density at radius 3 is 2.58 bits per heavy atom. The van der Waals surface area contributed by atoms with Gasteiger partial charge >= 0.3 is 6.18 Å². The summed E-state index contributed by atoms with van der Waals surface area (Å²) in [6.45, 7) is 0. The minimum absolute atomic E-state index is 0.113. The van der Waals surface area contributed by atoms with E-state index < -0.39 is 17.9 Å². The smallest absolute Gasteiger partial charge is 0.366 e. The second-order valence-electron chi connectivity index (χ2n) is 3.83.